The SMILES string of the molecule is C/C=C/C=C/C(=O)Nc1ccc(N(CC)CC)cc1. The Hall–Kier alpha value is -2.03. The summed E-state index contributed by atoms with van der Waals surface area (Å²) in [5.41, 5.74) is 1.98. The number of nitrogens with zero attached hydrogens (tertiary/aromatic N) is 1. The fourth-order valence-electron chi connectivity index (χ4n) is 1.78. The zero-order chi connectivity index (χ0) is 14.1. The zero-order valence-corrected chi connectivity index (χ0v) is 11.9. The average Bonchev–Trinajstić information content (AvgIpc) is 2.42. The van der Waals surface area contributed by atoms with E-state index in [1.807, 2.05) is 43.3 Å². The van der Waals surface area contributed by atoms with Crippen LogP contribution in [0.15, 0.2) is 48.6 Å². The molecule has 0 spiro atoms. The zero-order valence-electron chi connectivity index (χ0n) is 11.9. The van der Waals surface area contributed by atoms with Crippen molar-refractivity contribution in [3.8, 4) is 0 Å². The van der Waals surface area contributed by atoms with Crippen LogP contribution in [0.2, 0.25) is 0 Å². The number of rotatable bonds is 6. The normalized spacial score (nSPS) is 11.1. The Bertz CT molecular complexity index is 442. The molecule has 0 aliphatic heterocycles. The van der Waals surface area contributed by atoms with Crippen molar-refractivity contribution in [1.82, 2.24) is 0 Å². The molecule has 0 aliphatic carbocycles. The van der Waals surface area contributed by atoms with E-state index < -0.39 is 0 Å². The third kappa shape index (κ3) is 5.00. The maximum absolute atomic E-state index is 11.6. The number of anilines is 2. The molecule has 0 saturated carbocycles. The Labute approximate surface area is 115 Å². The number of hydrogen-bond donors (Lipinski definition) is 1. The van der Waals surface area contributed by atoms with E-state index in [0.717, 1.165) is 18.8 Å². The van der Waals surface area contributed by atoms with Crippen LogP contribution in [0, 0.1) is 0 Å². The molecule has 0 unspecified atom stereocenters. The number of carbonyl (C=O) groups excluding carboxylic acids is 1. The Kier molecular flexibility index (Phi) is 6.44. The van der Waals surface area contributed by atoms with Crippen molar-refractivity contribution in [1.29, 1.82) is 0 Å². The highest BCUT2D eigenvalue weighted by Gasteiger charge is 2.02. The lowest BCUT2D eigenvalue weighted by Gasteiger charge is -2.21. The van der Waals surface area contributed by atoms with E-state index in [1.165, 1.54) is 11.8 Å². The molecule has 0 bridgehead atoms. The Balaban J connectivity index is 2.64. The lowest BCUT2D eigenvalue weighted by molar-refractivity contribution is -0.111. The highest BCUT2D eigenvalue weighted by molar-refractivity contribution is 5.99. The van der Waals surface area contributed by atoms with Gasteiger partial charge in [0.2, 0.25) is 5.91 Å². The molecule has 0 heterocycles. The second kappa shape index (κ2) is 8.14. The van der Waals surface area contributed by atoms with Crippen LogP contribution in [-0.4, -0.2) is 19.0 Å². The summed E-state index contributed by atoms with van der Waals surface area (Å²) in [6.45, 7) is 8.13. The summed E-state index contributed by atoms with van der Waals surface area (Å²) < 4.78 is 0. The van der Waals surface area contributed by atoms with Crippen molar-refractivity contribution in [2.24, 2.45) is 0 Å². The van der Waals surface area contributed by atoms with Gasteiger partial charge in [0.25, 0.3) is 0 Å². The summed E-state index contributed by atoms with van der Waals surface area (Å²) in [7, 11) is 0. The average molecular weight is 258 g/mol. The highest BCUT2D eigenvalue weighted by Crippen LogP contribution is 2.17. The van der Waals surface area contributed by atoms with Crippen LogP contribution < -0.4 is 10.2 Å². The van der Waals surface area contributed by atoms with Gasteiger partial charge in [-0.05, 0) is 45.0 Å². The Morgan fingerprint density at radius 3 is 2.32 bits per heavy atom. The van der Waals surface area contributed by atoms with Crippen LogP contribution in [0.25, 0.3) is 0 Å². The van der Waals surface area contributed by atoms with E-state index in [4.69, 9.17) is 0 Å². The van der Waals surface area contributed by atoms with Gasteiger partial charge in [0.05, 0.1) is 0 Å². The predicted molar refractivity (Wildman–Crippen MR) is 82.6 cm³/mol. The lowest BCUT2D eigenvalue weighted by Crippen LogP contribution is -2.21. The molecule has 0 saturated heterocycles. The first-order valence-corrected chi connectivity index (χ1v) is 6.66. The molecule has 0 atom stereocenters. The van der Waals surface area contributed by atoms with E-state index >= 15 is 0 Å². The van der Waals surface area contributed by atoms with Crippen molar-refractivity contribution in [2.75, 3.05) is 23.3 Å². The Morgan fingerprint density at radius 2 is 1.79 bits per heavy atom. The first kappa shape index (κ1) is 15.0. The van der Waals surface area contributed by atoms with Gasteiger partial charge in [-0.3, -0.25) is 4.79 Å². The van der Waals surface area contributed by atoms with E-state index in [1.54, 1.807) is 6.08 Å². The molecule has 1 amide bonds. The van der Waals surface area contributed by atoms with Crippen LogP contribution in [0.1, 0.15) is 20.8 Å². The number of nitrogens with one attached hydrogen (secondary N) is 1. The topological polar surface area (TPSA) is 32.3 Å². The standard InChI is InChI=1S/C16H22N2O/c1-4-7-8-9-16(19)17-14-10-12-15(13-11-14)18(5-2)6-3/h4,7-13H,5-6H2,1-3H3,(H,17,19)/b7-4+,9-8+. The molecule has 1 aromatic rings. The van der Waals surface area contributed by atoms with Crippen molar-refractivity contribution in [3.63, 3.8) is 0 Å². The minimum Gasteiger partial charge on any atom is -0.372 e. The number of benzene rings is 1. The third-order valence-electron chi connectivity index (χ3n) is 2.81. The van der Waals surface area contributed by atoms with Crippen LogP contribution in [0.5, 0.6) is 0 Å². The fraction of sp³-hybridized carbons (Fsp3) is 0.312. The van der Waals surface area contributed by atoms with Gasteiger partial charge >= 0.3 is 0 Å². The quantitative estimate of drug-likeness (QED) is 0.624. The number of allylic oxidation sites excluding steroid dienone is 3. The molecular weight excluding hydrogens is 236 g/mol. The van der Waals surface area contributed by atoms with Crippen molar-refractivity contribution >= 4 is 17.3 Å². The van der Waals surface area contributed by atoms with Gasteiger partial charge in [-0.2, -0.15) is 0 Å². The van der Waals surface area contributed by atoms with Crippen LogP contribution in [-0.2, 0) is 4.79 Å². The molecule has 0 radical (unpaired) electrons. The van der Waals surface area contributed by atoms with E-state index in [2.05, 4.69) is 24.1 Å². The minimum absolute atomic E-state index is 0.117. The molecule has 0 aliphatic rings. The lowest BCUT2D eigenvalue weighted by atomic mass is 10.2. The monoisotopic (exact) mass is 258 g/mol. The van der Waals surface area contributed by atoms with Crippen LogP contribution in [0.3, 0.4) is 0 Å². The van der Waals surface area contributed by atoms with Crippen LogP contribution in [0.4, 0.5) is 11.4 Å². The van der Waals surface area contributed by atoms with Crippen molar-refractivity contribution in [3.05, 3.63) is 48.6 Å². The summed E-state index contributed by atoms with van der Waals surface area (Å²) in [6.07, 6.45) is 6.93. The van der Waals surface area contributed by atoms with Gasteiger partial charge in [-0.25, -0.2) is 0 Å². The van der Waals surface area contributed by atoms with E-state index in [-0.39, 0.29) is 5.91 Å². The number of carbonyl (C=O) groups is 1. The molecule has 3 heteroatoms. The highest BCUT2D eigenvalue weighted by atomic mass is 16.1. The van der Waals surface area contributed by atoms with Gasteiger partial charge in [0.1, 0.15) is 0 Å². The molecular formula is C16H22N2O. The molecule has 1 aromatic carbocycles. The molecule has 102 valence electrons. The molecule has 0 fully saturated rings. The summed E-state index contributed by atoms with van der Waals surface area (Å²) in [6, 6.07) is 7.90. The van der Waals surface area contributed by atoms with Crippen molar-refractivity contribution < 1.29 is 4.79 Å². The molecule has 19 heavy (non-hydrogen) atoms. The van der Waals surface area contributed by atoms with Gasteiger partial charge in [0, 0.05) is 30.5 Å². The summed E-state index contributed by atoms with van der Waals surface area (Å²) >= 11 is 0. The van der Waals surface area contributed by atoms with E-state index in [0.29, 0.717) is 0 Å². The smallest absolute Gasteiger partial charge is 0.248 e. The van der Waals surface area contributed by atoms with Crippen molar-refractivity contribution in [2.45, 2.75) is 20.8 Å². The fourth-order valence-corrected chi connectivity index (χ4v) is 1.78. The summed E-state index contributed by atoms with van der Waals surface area (Å²) in [5.74, 6) is -0.117. The molecule has 3 nitrogen and oxygen atoms in total. The largest absolute Gasteiger partial charge is 0.372 e. The maximum Gasteiger partial charge on any atom is 0.248 e. The van der Waals surface area contributed by atoms with Gasteiger partial charge in [-0.1, -0.05) is 18.2 Å². The minimum atomic E-state index is -0.117. The first-order chi connectivity index (χ1) is 9.21. The first-order valence-electron chi connectivity index (χ1n) is 6.66. The van der Waals surface area contributed by atoms with Gasteiger partial charge < -0.3 is 10.2 Å². The second-order valence-corrected chi connectivity index (χ2v) is 4.09. The molecule has 0 aromatic heterocycles. The van der Waals surface area contributed by atoms with Gasteiger partial charge in [-0.15, -0.1) is 0 Å². The van der Waals surface area contributed by atoms with Crippen LogP contribution >= 0.6 is 0 Å². The Morgan fingerprint density at radius 1 is 1.16 bits per heavy atom. The summed E-state index contributed by atoms with van der Waals surface area (Å²) in [4.78, 5) is 13.8. The summed E-state index contributed by atoms with van der Waals surface area (Å²) in [5, 5.41) is 2.82. The maximum atomic E-state index is 11.6. The molecule has 1 N–H and O–H groups in total. The van der Waals surface area contributed by atoms with E-state index in [9.17, 15) is 4.79 Å². The number of hydrogen-bond acceptors (Lipinski definition) is 2. The molecule has 1 rings (SSSR count). The number of amides is 1. The second-order valence-electron chi connectivity index (χ2n) is 4.09. The third-order valence-corrected chi connectivity index (χ3v) is 2.81. The predicted octanol–water partition coefficient (Wildman–Crippen LogP) is 3.60. The van der Waals surface area contributed by atoms with Gasteiger partial charge in [0.15, 0.2) is 0 Å².